The standard InChI is InChI=1S/C17H23NO2/c1-3-4-6-13-18(2)17(20)16-11-9-15(10-12-16)8-5-7-14-19/h9-12,19H,3-4,6-7,13-14H2,1-2H3. The molecule has 0 aliphatic heterocycles. The number of amides is 1. The van der Waals surface area contributed by atoms with Crippen LogP contribution in [0.15, 0.2) is 24.3 Å². The topological polar surface area (TPSA) is 40.5 Å². The average molecular weight is 273 g/mol. The highest BCUT2D eigenvalue weighted by molar-refractivity contribution is 5.94. The molecule has 3 nitrogen and oxygen atoms in total. The van der Waals surface area contributed by atoms with E-state index in [1.165, 1.54) is 0 Å². The second kappa shape index (κ2) is 9.17. The van der Waals surface area contributed by atoms with Crippen molar-refractivity contribution in [1.29, 1.82) is 0 Å². The Kier molecular flexibility index (Phi) is 7.46. The first kappa shape index (κ1) is 16.3. The van der Waals surface area contributed by atoms with Gasteiger partial charge in [-0.15, -0.1) is 0 Å². The third kappa shape index (κ3) is 5.46. The van der Waals surface area contributed by atoms with Crippen molar-refractivity contribution in [2.24, 2.45) is 0 Å². The Balaban J connectivity index is 2.59. The summed E-state index contributed by atoms with van der Waals surface area (Å²) in [5.41, 5.74) is 1.56. The maximum absolute atomic E-state index is 12.2. The van der Waals surface area contributed by atoms with E-state index < -0.39 is 0 Å². The molecule has 3 heteroatoms. The van der Waals surface area contributed by atoms with Crippen LogP contribution in [0, 0.1) is 11.8 Å². The smallest absolute Gasteiger partial charge is 0.253 e. The van der Waals surface area contributed by atoms with E-state index in [0.29, 0.717) is 12.0 Å². The lowest BCUT2D eigenvalue weighted by molar-refractivity contribution is 0.0792. The van der Waals surface area contributed by atoms with Crippen LogP contribution in [0.1, 0.15) is 48.5 Å². The average Bonchev–Trinajstić information content (AvgIpc) is 2.47. The lowest BCUT2D eigenvalue weighted by atomic mass is 10.1. The molecule has 0 unspecified atom stereocenters. The number of rotatable bonds is 6. The van der Waals surface area contributed by atoms with Crippen molar-refractivity contribution in [2.45, 2.75) is 32.6 Å². The van der Waals surface area contributed by atoms with Crippen molar-refractivity contribution < 1.29 is 9.90 Å². The number of carbonyl (C=O) groups is 1. The Morgan fingerprint density at radius 1 is 1.25 bits per heavy atom. The van der Waals surface area contributed by atoms with E-state index in [4.69, 9.17) is 5.11 Å². The van der Waals surface area contributed by atoms with Gasteiger partial charge in [0, 0.05) is 31.1 Å². The van der Waals surface area contributed by atoms with E-state index in [1.54, 1.807) is 4.90 Å². The molecule has 20 heavy (non-hydrogen) atoms. The molecule has 1 rings (SSSR count). The van der Waals surface area contributed by atoms with E-state index in [0.717, 1.165) is 31.4 Å². The van der Waals surface area contributed by atoms with Gasteiger partial charge in [-0.2, -0.15) is 0 Å². The second-order valence-electron chi connectivity index (χ2n) is 4.79. The van der Waals surface area contributed by atoms with Crippen LogP contribution in [-0.4, -0.2) is 36.1 Å². The number of hydrogen-bond donors (Lipinski definition) is 1. The zero-order valence-electron chi connectivity index (χ0n) is 12.4. The molecule has 0 saturated heterocycles. The minimum absolute atomic E-state index is 0.0518. The summed E-state index contributed by atoms with van der Waals surface area (Å²) in [5.74, 6) is 5.86. The van der Waals surface area contributed by atoms with Crippen LogP contribution < -0.4 is 0 Å². The first-order valence-electron chi connectivity index (χ1n) is 7.14. The molecule has 1 N–H and O–H groups in total. The largest absolute Gasteiger partial charge is 0.395 e. The molecule has 0 radical (unpaired) electrons. The number of hydrogen-bond acceptors (Lipinski definition) is 2. The zero-order chi connectivity index (χ0) is 14.8. The van der Waals surface area contributed by atoms with E-state index in [1.807, 2.05) is 31.3 Å². The summed E-state index contributed by atoms with van der Waals surface area (Å²) >= 11 is 0. The summed E-state index contributed by atoms with van der Waals surface area (Å²) in [6.07, 6.45) is 3.82. The highest BCUT2D eigenvalue weighted by Gasteiger charge is 2.10. The monoisotopic (exact) mass is 273 g/mol. The van der Waals surface area contributed by atoms with Crippen LogP contribution in [0.4, 0.5) is 0 Å². The van der Waals surface area contributed by atoms with E-state index >= 15 is 0 Å². The van der Waals surface area contributed by atoms with Crippen LogP contribution >= 0.6 is 0 Å². The predicted octanol–water partition coefficient (Wildman–Crippen LogP) is 2.68. The van der Waals surface area contributed by atoms with Gasteiger partial charge in [0.05, 0.1) is 6.61 Å². The Hall–Kier alpha value is -1.79. The van der Waals surface area contributed by atoms with E-state index in [2.05, 4.69) is 18.8 Å². The maximum Gasteiger partial charge on any atom is 0.253 e. The van der Waals surface area contributed by atoms with Crippen LogP contribution in [-0.2, 0) is 0 Å². The molecular formula is C17H23NO2. The van der Waals surface area contributed by atoms with Gasteiger partial charge in [-0.05, 0) is 30.7 Å². The molecule has 1 aromatic carbocycles. The predicted molar refractivity (Wildman–Crippen MR) is 81.5 cm³/mol. The molecule has 0 heterocycles. The zero-order valence-corrected chi connectivity index (χ0v) is 12.4. The van der Waals surface area contributed by atoms with Gasteiger partial charge in [0.2, 0.25) is 0 Å². The van der Waals surface area contributed by atoms with Gasteiger partial charge in [0.25, 0.3) is 5.91 Å². The van der Waals surface area contributed by atoms with E-state index in [-0.39, 0.29) is 12.5 Å². The fraction of sp³-hybridized carbons (Fsp3) is 0.471. The molecule has 0 aromatic heterocycles. The molecule has 0 spiro atoms. The van der Waals surface area contributed by atoms with E-state index in [9.17, 15) is 4.79 Å². The molecule has 0 atom stereocenters. The summed E-state index contributed by atoms with van der Waals surface area (Å²) in [6, 6.07) is 7.30. The fourth-order valence-electron chi connectivity index (χ4n) is 1.84. The number of benzene rings is 1. The summed E-state index contributed by atoms with van der Waals surface area (Å²) in [6.45, 7) is 3.02. The Labute approximate surface area is 121 Å². The molecule has 0 bridgehead atoms. The quantitative estimate of drug-likeness (QED) is 0.639. The van der Waals surface area contributed by atoms with Gasteiger partial charge in [-0.3, -0.25) is 4.79 Å². The number of nitrogens with zero attached hydrogens (tertiary/aromatic N) is 1. The molecule has 1 amide bonds. The van der Waals surface area contributed by atoms with Gasteiger partial charge in [0.15, 0.2) is 0 Å². The lowest BCUT2D eigenvalue weighted by Gasteiger charge is -2.16. The summed E-state index contributed by atoms with van der Waals surface area (Å²) < 4.78 is 0. The second-order valence-corrected chi connectivity index (χ2v) is 4.79. The van der Waals surface area contributed by atoms with Gasteiger partial charge < -0.3 is 10.0 Å². The Bertz CT molecular complexity index is 468. The lowest BCUT2D eigenvalue weighted by Crippen LogP contribution is -2.27. The van der Waals surface area contributed by atoms with Crippen LogP contribution in [0.25, 0.3) is 0 Å². The van der Waals surface area contributed by atoms with Crippen LogP contribution in [0.3, 0.4) is 0 Å². The Morgan fingerprint density at radius 2 is 1.95 bits per heavy atom. The van der Waals surface area contributed by atoms with Crippen molar-refractivity contribution >= 4 is 5.91 Å². The molecular weight excluding hydrogens is 250 g/mol. The van der Waals surface area contributed by atoms with Crippen molar-refractivity contribution in [2.75, 3.05) is 20.2 Å². The minimum atomic E-state index is 0.0518. The number of carbonyl (C=O) groups excluding carboxylic acids is 1. The molecule has 0 aliphatic carbocycles. The fourth-order valence-corrected chi connectivity index (χ4v) is 1.84. The van der Waals surface area contributed by atoms with Crippen LogP contribution in [0.2, 0.25) is 0 Å². The molecule has 0 fully saturated rings. The van der Waals surface area contributed by atoms with Gasteiger partial charge in [0.1, 0.15) is 0 Å². The number of aliphatic hydroxyl groups excluding tert-OH is 1. The van der Waals surface area contributed by atoms with Crippen molar-refractivity contribution in [3.8, 4) is 11.8 Å². The molecule has 1 aromatic rings. The van der Waals surface area contributed by atoms with Crippen molar-refractivity contribution in [3.05, 3.63) is 35.4 Å². The summed E-state index contributed by atoms with van der Waals surface area (Å²) in [7, 11) is 1.84. The molecule has 0 aliphatic rings. The Morgan fingerprint density at radius 3 is 2.55 bits per heavy atom. The van der Waals surface area contributed by atoms with Gasteiger partial charge in [-0.25, -0.2) is 0 Å². The van der Waals surface area contributed by atoms with Gasteiger partial charge >= 0.3 is 0 Å². The normalized spacial score (nSPS) is 9.75. The first-order valence-corrected chi connectivity index (χ1v) is 7.14. The summed E-state index contributed by atoms with van der Waals surface area (Å²) in [5, 5.41) is 8.66. The highest BCUT2D eigenvalue weighted by atomic mass is 16.2. The number of unbranched alkanes of at least 4 members (excludes halogenated alkanes) is 2. The summed E-state index contributed by atoms with van der Waals surface area (Å²) in [4.78, 5) is 13.9. The SMILES string of the molecule is CCCCCN(C)C(=O)c1ccc(C#CCCO)cc1. The number of aliphatic hydroxyl groups is 1. The highest BCUT2D eigenvalue weighted by Crippen LogP contribution is 2.07. The van der Waals surface area contributed by atoms with Crippen molar-refractivity contribution in [3.63, 3.8) is 0 Å². The third-order valence-electron chi connectivity index (χ3n) is 3.05. The minimum Gasteiger partial charge on any atom is -0.395 e. The van der Waals surface area contributed by atoms with Crippen LogP contribution in [0.5, 0.6) is 0 Å². The van der Waals surface area contributed by atoms with Crippen molar-refractivity contribution in [1.82, 2.24) is 4.90 Å². The van der Waals surface area contributed by atoms with Gasteiger partial charge in [-0.1, -0.05) is 31.6 Å². The molecule has 0 saturated carbocycles. The molecule has 108 valence electrons. The first-order chi connectivity index (χ1) is 9.69. The third-order valence-corrected chi connectivity index (χ3v) is 3.05. The maximum atomic E-state index is 12.2.